The molecule has 1 atom stereocenters. The Morgan fingerprint density at radius 1 is 1.64 bits per heavy atom. The van der Waals surface area contributed by atoms with Crippen LogP contribution >= 0.6 is 0 Å². The van der Waals surface area contributed by atoms with Crippen LogP contribution in [0.15, 0.2) is 6.20 Å². The first-order valence-electron chi connectivity index (χ1n) is 5.01. The zero-order chi connectivity index (χ0) is 9.97. The van der Waals surface area contributed by atoms with Crippen molar-refractivity contribution in [2.24, 2.45) is 13.0 Å². The summed E-state index contributed by atoms with van der Waals surface area (Å²) in [6, 6.07) is 0. The lowest BCUT2D eigenvalue weighted by Crippen LogP contribution is -2.37. The Hall–Kier alpha value is -1.10. The van der Waals surface area contributed by atoms with Crippen LogP contribution < -0.4 is 4.90 Å². The lowest BCUT2D eigenvalue weighted by Gasteiger charge is -2.32. The van der Waals surface area contributed by atoms with Crippen molar-refractivity contribution in [2.75, 3.05) is 24.6 Å². The second-order valence-electron chi connectivity index (χ2n) is 3.85. The Morgan fingerprint density at radius 3 is 3.14 bits per heavy atom. The van der Waals surface area contributed by atoms with E-state index in [1.807, 2.05) is 7.05 Å². The average molecular weight is 196 g/mol. The van der Waals surface area contributed by atoms with Crippen LogP contribution in [-0.4, -0.2) is 39.8 Å². The summed E-state index contributed by atoms with van der Waals surface area (Å²) in [5, 5.41) is 16.9. The van der Waals surface area contributed by atoms with Gasteiger partial charge in [-0.15, -0.1) is 5.10 Å². The maximum Gasteiger partial charge on any atom is 0.147 e. The Kier molecular flexibility index (Phi) is 2.67. The fraction of sp³-hybridized carbons (Fsp3) is 0.778. The lowest BCUT2D eigenvalue weighted by atomic mass is 9.99. The van der Waals surface area contributed by atoms with Crippen molar-refractivity contribution >= 4 is 5.82 Å². The molecule has 1 aromatic heterocycles. The predicted octanol–water partition coefficient (Wildman–Crippen LogP) is 0.0238. The van der Waals surface area contributed by atoms with Gasteiger partial charge in [-0.3, -0.25) is 0 Å². The third kappa shape index (κ3) is 1.72. The van der Waals surface area contributed by atoms with Crippen molar-refractivity contribution in [3.8, 4) is 0 Å². The molecule has 0 bridgehead atoms. The number of piperidine rings is 1. The van der Waals surface area contributed by atoms with Crippen LogP contribution in [0.3, 0.4) is 0 Å². The first-order chi connectivity index (χ1) is 6.81. The van der Waals surface area contributed by atoms with E-state index in [2.05, 4.69) is 15.2 Å². The molecule has 2 heterocycles. The second-order valence-corrected chi connectivity index (χ2v) is 3.85. The van der Waals surface area contributed by atoms with Gasteiger partial charge in [-0.2, -0.15) is 0 Å². The van der Waals surface area contributed by atoms with Crippen LogP contribution in [-0.2, 0) is 7.05 Å². The highest BCUT2D eigenvalue weighted by molar-refractivity contribution is 5.36. The third-order valence-corrected chi connectivity index (χ3v) is 2.79. The third-order valence-electron chi connectivity index (χ3n) is 2.79. The number of aliphatic hydroxyl groups excluding tert-OH is 1. The van der Waals surface area contributed by atoms with Gasteiger partial charge < -0.3 is 10.0 Å². The van der Waals surface area contributed by atoms with E-state index in [9.17, 15) is 0 Å². The summed E-state index contributed by atoms with van der Waals surface area (Å²) < 4.78 is 1.78. The number of aryl methyl sites for hydroxylation is 1. The molecule has 1 N–H and O–H groups in total. The van der Waals surface area contributed by atoms with Crippen molar-refractivity contribution in [3.63, 3.8) is 0 Å². The number of hydrogen-bond acceptors (Lipinski definition) is 4. The SMILES string of the molecule is Cn1nncc1N1CCCC(CO)C1. The molecular weight excluding hydrogens is 180 g/mol. The highest BCUT2D eigenvalue weighted by atomic mass is 16.3. The molecule has 0 aliphatic carbocycles. The van der Waals surface area contributed by atoms with Crippen LogP contribution in [0.1, 0.15) is 12.8 Å². The summed E-state index contributed by atoms with van der Waals surface area (Å²) in [5.74, 6) is 1.45. The molecule has 2 rings (SSSR count). The van der Waals surface area contributed by atoms with Gasteiger partial charge in [0.15, 0.2) is 0 Å². The largest absolute Gasteiger partial charge is 0.396 e. The van der Waals surface area contributed by atoms with Crippen LogP contribution in [0.4, 0.5) is 5.82 Å². The first-order valence-corrected chi connectivity index (χ1v) is 5.01. The van der Waals surface area contributed by atoms with E-state index in [-0.39, 0.29) is 6.61 Å². The van der Waals surface area contributed by atoms with Gasteiger partial charge in [0.05, 0.1) is 6.20 Å². The van der Waals surface area contributed by atoms with Gasteiger partial charge in [0.25, 0.3) is 0 Å². The molecule has 0 saturated carbocycles. The molecule has 14 heavy (non-hydrogen) atoms. The summed E-state index contributed by atoms with van der Waals surface area (Å²) in [4.78, 5) is 2.24. The highest BCUT2D eigenvalue weighted by Gasteiger charge is 2.21. The van der Waals surface area contributed by atoms with Gasteiger partial charge in [-0.1, -0.05) is 5.21 Å². The second kappa shape index (κ2) is 3.96. The smallest absolute Gasteiger partial charge is 0.147 e. The zero-order valence-corrected chi connectivity index (χ0v) is 8.43. The van der Waals surface area contributed by atoms with Gasteiger partial charge in [0.1, 0.15) is 5.82 Å². The number of rotatable bonds is 2. The Morgan fingerprint density at radius 2 is 2.50 bits per heavy atom. The van der Waals surface area contributed by atoms with E-state index < -0.39 is 0 Å². The number of anilines is 1. The maximum atomic E-state index is 9.11. The highest BCUT2D eigenvalue weighted by Crippen LogP contribution is 2.21. The van der Waals surface area contributed by atoms with Crippen LogP contribution in [0.2, 0.25) is 0 Å². The summed E-state index contributed by atoms with van der Waals surface area (Å²) in [6.45, 7) is 2.23. The van der Waals surface area contributed by atoms with E-state index in [4.69, 9.17) is 5.11 Å². The van der Waals surface area contributed by atoms with Crippen LogP contribution in [0, 0.1) is 5.92 Å². The standard InChI is InChI=1S/C9H16N4O/c1-12-9(5-10-11-12)13-4-2-3-8(6-13)7-14/h5,8,14H,2-4,6-7H2,1H3. The van der Waals surface area contributed by atoms with Crippen LogP contribution in [0.5, 0.6) is 0 Å². The van der Waals surface area contributed by atoms with E-state index in [0.717, 1.165) is 31.7 Å². The van der Waals surface area contributed by atoms with Crippen molar-refractivity contribution in [1.82, 2.24) is 15.0 Å². The molecular formula is C9H16N4O. The van der Waals surface area contributed by atoms with Crippen molar-refractivity contribution in [3.05, 3.63) is 6.20 Å². The molecule has 0 amide bonds. The first kappa shape index (κ1) is 9.45. The molecule has 0 aromatic carbocycles. The van der Waals surface area contributed by atoms with Crippen molar-refractivity contribution in [1.29, 1.82) is 0 Å². The Labute approximate surface area is 83.3 Å². The molecule has 1 aliphatic rings. The predicted molar refractivity (Wildman–Crippen MR) is 53.0 cm³/mol. The van der Waals surface area contributed by atoms with Gasteiger partial charge in [-0.05, 0) is 18.8 Å². The molecule has 78 valence electrons. The molecule has 1 aromatic rings. The van der Waals surface area contributed by atoms with E-state index in [0.29, 0.717) is 5.92 Å². The fourth-order valence-electron chi connectivity index (χ4n) is 1.99. The normalized spacial score (nSPS) is 22.7. The van der Waals surface area contributed by atoms with Gasteiger partial charge in [0, 0.05) is 26.7 Å². The van der Waals surface area contributed by atoms with E-state index >= 15 is 0 Å². The minimum atomic E-state index is 0.280. The summed E-state index contributed by atoms with van der Waals surface area (Å²) in [7, 11) is 1.89. The summed E-state index contributed by atoms with van der Waals surface area (Å²) in [6.07, 6.45) is 4.04. The zero-order valence-electron chi connectivity index (χ0n) is 8.43. The lowest BCUT2D eigenvalue weighted by molar-refractivity contribution is 0.208. The molecule has 1 aliphatic heterocycles. The maximum absolute atomic E-state index is 9.11. The fourth-order valence-corrected chi connectivity index (χ4v) is 1.99. The average Bonchev–Trinajstić information content (AvgIpc) is 2.65. The van der Waals surface area contributed by atoms with E-state index in [1.54, 1.807) is 10.9 Å². The number of nitrogens with zero attached hydrogens (tertiary/aromatic N) is 4. The quantitative estimate of drug-likeness (QED) is 0.724. The van der Waals surface area contributed by atoms with Crippen LogP contribution in [0.25, 0.3) is 0 Å². The van der Waals surface area contributed by atoms with Gasteiger partial charge >= 0.3 is 0 Å². The number of aromatic nitrogens is 3. The van der Waals surface area contributed by atoms with Gasteiger partial charge in [0.2, 0.25) is 0 Å². The van der Waals surface area contributed by atoms with Crippen molar-refractivity contribution in [2.45, 2.75) is 12.8 Å². The molecule has 1 saturated heterocycles. The summed E-state index contributed by atoms with van der Waals surface area (Å²) >= 11 is 0. The Balaban J connectivity index is 2.08. The Bertz CT molecular complexity index is 299. The van der Waals surface area contributed by atoms with Gasteiger partial charge in [-0.25, -0.2) is 4.68 Å². The minimum absolute atomic E-state index is 0.280. The molecule has 1 fully saturated rings. The topological polar surface area (TPSA) is 54.2 Å². The molecule has 1 unspecified atom stereocenters. The number of aliphatic hydroxyl groups is 1. The molecule has 5 nitrogen and oxygen atoms in total. The molecule has 5 heteroatoms. The monoisotopic (exact) mass is 196 g/mol. The number of hydrogen-bond donors (Lipinski definition) is 1. The minimum Gasteiger partial charge on any atom is -0.396 e. The summed E-state index contributed by atoms with van der Waals surface area (Å²) in [5.41, 5.74) is 0. The van der Waals surface area contributed by atoms with E-state index in [1.165, 1.54) is 0 Å². The molecule has 0 radical (unpaired) electrons. The molecule has 0 spiro atoms. The van der Waals surface area contributed by atoms with Crippen molar-refractivity contribution < 1.29 is 5.11 Å².